The highest BCUT2D eigenvalue weighted by Crippen LogP contribution is 2.55. The Morgan fingerprint density at radius 3 is 2.90 bits per heavy atom. The van der Waals surface area contributed by atoms with E-state index in [0.29, 0.717) is 17.9 Å². The number of allylic oxidation sites excluding steroid dienone is 2. The summed E-state index contributed by atoms with van der Waals surface area (Å²) in [5.41, 5.74) is 4.56. The molecule has 0 radical (unpaired) electrons. The average molecular weight is 405 g/mol. The Morgan fingerprint density at radius 1 is 1.10 bits per heavy atom. The molecule has 2 aromatic rings. The van der Waals surface area contributed by atoms with E-state index in [0.717, 1.165) is 5.92 Å². The molecule has 0 spiro atoms. The van der Waals surface area contributed by atoms with Gasteiger partial charge in [0.2, 0.25) is 0 Å². The zero-order valence-electron chi connectivity index (χ0n) is 11.4. The molecule has 0 saturated carbocycles. The summed E-state index contributed by atoms with van der Waals surface area (Å²) >= 11 is 3.65. The Bertz CT molecular complexity index is 753. The van der Waals surface area contributed by atoms with Gasteiger partial charge in [-0.25, -0.2) is 0 Å². The fraction of sp³-hybridized carbons (Fsp3) is 0.278. The number of rotatable bonds is 0. The number of hydrogen-bond donors (Lipinski definition) is 0. The smallest absolute Gasteiger partial charge is 0.190 e. The van der Waals surface area contributed by atoms with Crippen molar-refractivity contribution in [2.45, 2.75) is 18.4 Å². The second kappa shape index (κ2) is 4.79. The molecule has 2 aliphatic carbocycles. The molecule has 1 nitrogen and oxygen atoms in total. The van der Waals surface area contributed by atoms with Gasteiger partial charge in [-0.05, 0) is 30.0 Å². The first-order valence-corrected chi connectivity index (χ1v) is 8.10. The van der Waals surface area contributed by atoms with E-state index in [1.54, 1.807) is 5.56 Å². The van der Waals surface area contributed by atoms with Crippen molar-refractivity contribution in [2.75, 3.05) is 0 Å². The quantitative estimate of drug-likeness (QED) is 0.455. The predicted octanol–water partition coefficient (Wildman–Crippen LogP) is 0.981. The van der Waals surface area contributed by atoms with Crippen LogP contribution in [0.4, 0.5) is 0 Å². The lowest BCUT2D eigenvalue weighted by molar-refractivity contribution is -0.737. The van der Waals surface area contributed by atoms with Crippen LogP contribution in [0.15, 0.2) is 59.2 Å². The van der Waals surface area contributed by atoms with Crippen molar-refractivity contribution in [3.05, 3.63) is 76.0 Å². The van der Waals surface area contributed by atoms with E-state index >= 15 is 0 Å². The van der Waals surface area contributed by atoms with Crippen molar-refractivity contribution in [3.8, 4) is 0 Å². The molecule has 0 N–H and O–H groups in total. The Hall–Kier alpha value is -0.930. The topological polar surface area (TPSA) is 3.88 Å². The molecule has 2 bridgehead atoms. The minimum atomic E-state index is 0. The number of pyridine rings is 1. The molecule has 106 valence electrons. The van der Waals surface area contributed by atoms with Crippen molar-refractivity contribution < 1.29 is 21.5 Å². The molecule has 3 heterocycles. The third-order valence-corrected chi connectivity index (χ3v) is 5.79. The highest BCUT2D eigenvalue weighted by molar-refractivity contribution is 9.10. The molecule has 21 heavy (non-hydrogen) atoms. The Kier molecular flexibility index (Phi) is 3.13. The van der Waals surface area contributed by atoms with Crippen LogP contribution in [0.1, 0.15) is 35.2 Å². The van der Waals surface area contributed by atoms with Crippen molar-refractivity contribution in [1.82, 2.24) is 0 Å². The van der Waals surface area contributed by atoms with Crippen LogP contribution in [0.25, 0.3) is 0 Å². The molecule has 4 aliphatic rings. The molecular weight excluding hydrogens is 390 g/mol. The van der Waals surface area contributed by atoms with E-state index in [2.05, 4.69) is 75.2 Å². The van der Waals surface area contributed by atoms with Gasteiger partial charge in [0.15, 0.2) is 17.9 Å². The number of hydrogen-bond acceptors (Lipinski definition) is 0. The van der Waals surface area contributed by atoms with Crippen molar-refractivity contribution >= 4 is 15.9 Å². The maximum Gasteiger partial charge on any atom is 0.190 e. The molecule has 0 fully saturated rings. The van der Waals surface area contributed by atoms with Gasteiger partial charge in [0.05, 0.1) is 5.92 Å². The van der Waals surface area contributed by atoms with E-state index in [1.807, 2.05) is 0 Å². The largest absolute Gasteiger partial charge is 1.00 e. The number of nitrogens with zero attached hydrogens (tertiary/aromatic N) is 1. The first-order chi connectivity index (χ1) is 9.84. The standard InChI is InChI=1S/C18H15BrN.BrH/c19-11-7-8-14-15(10-11)17-12-4-3-5-13(12)18(14)20-9-2-1-6-16(17)20;/h1-3,5-10,12-13,17-18H,4H2;1H/q+1;/p-1/t12-,13+,17+,18-;/m1./s1. The van der Waals surface area contributed by atoms with Gasteiger partial charge in [-0.3, -0.25) is 0 Å². The molecule has 3 heteroatoms. The molecule has 2 aliphatic heterocycles. The minimum Gasteiger partial charge on any atom is -1.00 e. The van der Waals surface area contributed by atoms with Gasteiger partial charge >= 0.3 is 0 Å². The molecule has 1 aromatic heterocycles. The van der Waals surface area contributed by atoms with Crippen LogP contribution in [0, 0.1) is 11.8 Å². The predicted molar refractivity (Wildman–Crippen MR) is 81.5 cm³/mol. The summed E-state index contributed by atoms with van der Waals surface area (Å²) < 4.78 is 3.71. The molecule has 0 amide bonds. The lowest BCUT2D eigenvalue weighted by Crippen LogP contribution is -3.00. The highest BCUT2D eigenvalue weighted by atomic mass is 79.9. The second-order valence-corrected chi connectivity index (χ2v) is 7.05. The molecule has 6 rings (SSSR count). The summed E-state index contributed by atoms with van der Waals surface area (Å²) in [4.78, 5) is 0. The van der Waals surface area contributed by atoms with Crippen LogP contribution in [0.3, 0.4) is 0 Å². The van der Waals surface area contributed by atoms with Crippen LogP contribution in [-0.2, 0) is 0 Å². The van der Waals surface area contributed by atoms with E-state index < -0.39 is 0 Å². The highest BCUT2D eigenvalue weighted by Gasteiger charge is 2.55. The zero-order valence-corrected chi connectivity index (χ0v) is 14.6. The van der Waals surface area contributed by atoms with Gasteiger partial charge in [-0.15, -0.1) is 0 Å². The zero-order chi connectivity index (χ0) is 13.3. The molecule has 1 aromatic carbocycles. The number of halogens is 2. The summed E-state index contributed by atoms with van der Waals surface area (Å²) in [6.07, 6.45) is 8.34. The van der Waals surface area contributed by atoms with Gasteiger partial charge in [-0.1, -0.05) is 40.2 Å². The van der Waals surface area contributed by atoms with Gasteiger partial charge < -0.3 is 17.0 Å². The van der Waals surface area contributed by atoms with Crippen LogP contribution in [-0.4, -0.2) is 0 Å². The van der Waals surface area contributed by atoms with Gasteiger partial charge in [0.1, 0.15) is 0 Å². The van der Waals surface area contributed by atoms with Gasteiger partial charge in [0, 0.05) is 28.1 Å². The number of benzene rings is 1. The van der Waals surface area contributed by atoms with Gasteiger partial charge in [-0.2, -0.15) is 4.57 Å². The SMILES string of the molecule is Brc1ccc2c(c1)[C@H]1c3cccc[n+]3[C@@H]2[C@H]2C=CC[C@@H]12.[Br-]. The molecule has 0 saturated heterocycles. The van der Waals surface area contributed by atoms with Crippen molar-refractivity contribution in [2.24, 2.45) is 11.8 Å². The van der Waals surface area contributed by atoms with Crippen LogP contribution < -0.4 is 21.5 Å². The van der Waals surface area contributed by atoms with Crippen LogP contribution in [0.5, 0.6) is 0 Å². The number of aromatic nitrogens is 1. The van der Waals surface area contributed by atoms with Crippen molar-refractivity contribution in [3.63, 3.8) is 0 Å². The minimum absolute atomic E-state index is 0. The van der Waals surface area contributed by atoms with Gasteiger partial charge in [0.25, 0.3) is 0 Å². The fourth-order valence-corrected chi connectivity index (χ4v) is 4.99. The van der Waals surface area contributed by atoms with Crippen LogP contribution >= 0.6 is 15.9 Å². The Labute approximate surface area is 143 Å². The van der Waals surface area contributed by atoms with E-state index in [1.165, 1.54) is 22.2 Å². The molecule has 4 atom stereocenters. The summed E-state index contributed by atoms with van der Waals surface area (Å²) in [6, 6.07) is 14.0. The lowest BCUT2D eigenvalue weighted by Gasteiger charge is -2.42. The third kappa shape index (κ3) is 1.71. The molecular formula is C18H15Br2N. The third-order valence-electron chi connectivity index (χ3n) is 5.30. The van der Waals surface area contributed by atoms with E-state index in [4.69, 9.17) is 0 Å². The average Bonchev–Trinajstić information content (AvgIpc) is 2.96. The summed E-state index contributed by atoms with van der Waals surface area (Å²) in [7, 11) is 0. The summed E-state index contributed by atoms with van der Waals surface area (Å²) in [5.74, 6) is 1.98. The van der Waals surface area contributed by atoms with E-state index in [9.17, 15) is 0 Å². The normalized spacial score (nSPS) is 30.3. The Balaban J connectivity index is 0.00000115. The first-order valence-electron chi connectivity index (χ1n) is 7.30. The van der Waals surface area contributed by atoms with Crippen molar-refractivity contribution in [1.29, 1.82) is 0 Å². The maximum atomic E-state index is 3.65. The maximum absolute atomic E-state index is 3.65. The summed E-state index contributed by atoms with van der Waals surface area (Å²) in [6.45, 7) is 0. The van der Waals surface area contributed by atoms with Crippen LogP contribution in [0.2, 0.25) is 0 Å². The second-order valence-electron chi connectivity index (χ2n) is 6.13. The van der Waals surface area contributed by atoms with E-state index in [-0.39, 0.29) is 17.0 Å². The first kappa shape index (κ1) is 13.7. The monoisotopic (exact) mass is 403 g/mol. The fourth-order valence-electron chi connectivity index (χ4n) is 4.61. The lowest BCUT2D eigenvalue weighted by atomic mass is 9.63. The Morgan fingerprint density at radius 2 is 2.00 bits per heavy atom. The summed E-state index contributed by atoms with van der Waals surface area (Å²) in [5, 5.41) is 0. The molecule has 0 unspecified atom stereocenters.